The summed E-state index contributed by atoms with van der Waals surface area (Å²) in [6.45, 7) is 4.10. The molecular weight excluding hydrogens is 238 g/mol. The van der Waals surface area contributed by atoms with Gasteiger partial charge in [0.2, 0.25) is 5.95 Å². The van der Waals surface area contributed by atoms with Gasteiger partial charge in [-0.25, -0.2) is 9.97 Å². The van der Waals surface area contributed by atoms with Crippen molar-refractivity contribution in [2.45, 2.75) is 19.3 Å². The Balaban J connectivity index is 1.85. The normalized spacial score (nSPS) is 18.5. The van der Waals surface area contributed by atoms with Gasteiger partial charge in [0, 0.05) is 41.9 Å². The lowest BCUT2D eigenvalue weighted by Gasteiger charge is -2.12. The van der Waals surface area contributed by atoms with Crippen molar-refractivity contribution in [3.63, 3.8) is 0 Å². The first kappa shape index (κ1) is 12.0. The Morgan fingerprint density at radius 3 is 2.84 bits per heavy atom. The van der Waals surface area contributed by atoms with E-state index in [-0.39, 0.29) is 0 Å². The first-order chi connectivity index (χ1) is 9.31. The molecule has 2 N–H and O–H groups in total. The third-order valence-corrected chi connectivity index (χ3v) is 3.27. The molecule has 5 nitrogen and oxygen atoms in total. The molecule has 3 rings (SSSR count). The van der Waals surface area contributed by atoms with Gasteiger partial charge in [-0.2, -0.15) is 0 Å². The van der Waals surface area contributed by atoms with E-state index < -0.39 is 0 Å². The summed E-state index contributed by atoms with van der Waals surface area (Å²) in [5.41, 5.74) is 3.16. The van der Waals surface area contributed by atoms with Crippen molar-refractivity contribution < 1.29 is 0 Å². The topological polar surface area (TPSA) is 62.7 Å². The summed E-state index contributed by atoms with van der Waals surface area (Å²) in [7, 11) is 0. The molecule has 0 bridgehead atoms. The Hall–Kier alpha value is -2.01. The zero-order chi connectivity index (χ0) is 13.1. The van der Waals surface area contributed by atoms with Gasteiger partial charge in [0.25, 0.3) is 0 Å². The molecule has 1 saturated heterocycles. The van der Waals surface area contributed by atoms with Crippen molar-refractivity contribution in [2.24, 2.45) is 0 Å². The standard InChI is InChI=1S/C14H17N5/c1-10-7-12(19-14-16-4-2-5-17-14)8-13(18-10)11-3-6-15-9-11/h2,4-5,7-8,11,15H,3,6,9H2,1H3,(H,16,17,18,19). The van der Waals surface area contributed by atoms with Crippen LogP contribution in [-0.4, -0.2) is 28.0 Å². The second-order valence-corrected chi connectivity index (χ2v) is 4.81. The molecule has 0 spiro atoms. The number of rotatable bonds is 3. The van der Waals surface area contributed by atoms with Gasteiger partial charge in [-0.1, -0.05) is 0 Å². The molecular formula is C14H17N5. The molecule has 3 heterocycles. The highest BCUT2D eigenvalue weighted by molar-refractivity contribution is 5.54. The van der Waals surface area contributed by atoms with E-state index in [1.54, 1.807) is 18.5 Å². The minimum absolute atomic E-state index is 0.511. The zero-order valence-corrected chi connectivity index (χ0v) is 10.9. The smallest absolute Gasteiger partial charge is 0.227 e. The number of pyridine rings is 1. The van der Waals surface area contributed by atoms with Gasteiger partial charge in [0.15, 0.2) is 0 Å². The molecule has 5 heteroatoms. The van der Waals surface area contributed by atoms with E-state index in [9.17, 15) is 0 Å². The van der Waals surface area contributed by atoms with Crippen molar-refractivity contribution in [3.8, 4) is 0 Å². The van der Waals surface area contributed by atoms with Crippen molar-refractivity contribution in [1.82, 2.24) is 20.3 Å². The third kappa shape index (κ3) is 2.88. The number of hydrogen-bond acceptors (Lipinski definition) is 5. The summed E-state index contributed by atoms with van der Waals surface area (Å²) in [5.74, 6) is 1.13. The number of aryl methyl sites for hydroxylation is 1. The number of anilines is 2. The highest BCUT2D eigenvalue weighted by atomic mass is 15.1. The fourth-order valence-corrected chi connectivity index (χ4v) is 2.38. The highest BCUT2D eigenvalue weighted by Gasteiger charge is 2.18. The Morgan fingerprint density at radius 2 is 2.11 bits per heavy atom. The van der Waals surface area contributed by atoms with Crippen molar-refractivity contribution in [1.29, 1.82) is 0 Å². The van der Waals surface area contributed by atoms with E-state index in [0.717, 1.165) is 36.6 Å². The van der Waals surface area contributed by atoms with Gasteiger partial charge in [-0.15, -0.1) is 0 Å². The van der Waals surface area contributed by atoms with E-state index in [1.165, 1.54) is 0 Å². The third-order valence-electron chi connectivity index (χ3n) is 3.27. The largest absolute Gasteiger partial charge is 0.324 e. The molecule has 19 heavy (non-hydrogen) atoms. The van der Waals surface area contributed by atoms with Crippen LogP contribution in [0.15, 0.2) is 30.6 Å². The number of nitrogens with one attached hydrogen (secondary N) is 2. The van der Waals surface area contributed by atoms with Crippen LogP contribution in [0.5, 0.6) is 0 Å². The second kappa shape index (κ2) is 5.32. The van der Waals surface area contributed by atoms with E-state index in [0.29, 0.717) is 11.9 Å². The summed E-state index contributed by atoms with van der Waals surface area (Å²) >= 11 is 0. The Bertz CT molecular complexity index is 549. The Kier molecular flexibility index (Phi) is 3.37. The number of hydrogen-bond donors (Lipinski definition) is 2. The summed E-state index contributed by atoms with van der Waals surface area (Å²) < 4.78 is 0. The molecule has 2 aromatic heterocycles. The van der Waals surface area contributed by atoms with Crippen LogP contribution in [0, 0.1) is 6.92 Å². The van der Waals surface area contributed by atoms with Crippen LogP contribution in [0.25, 0.3) is 0 Å². The molecule has 0 aromatic carbocycles. The fraction of sp³-hybridized carbons (Fsp3) is 0.357. The quantitative estimate of drug-likeness (QED) is 0.878. The maximum absolute atomic E-state index is 4.64. The van der Waals surface area contributed by atoms with Gasteiger partial charge in [0.05, 0.1) is 0 Å². The minimum Gasteiger partial charge on any atom is -0.324 e. The average molecular weight is 255 g/mol. The molecule has 0 aliphatic carbocycles. The molecule has 1 aliphatic rings. The number of aromatic nitrogens is 3. The lowest BCUT2D eigenvalue weighted by Crippen LogP contribution is -2.09. The Morgan fingerprint density at radius 1 is 1.26 bits per heavy atom. The van der Waals surface area contributed by atoms with Crippen molar-refractivity contribution in [3.05, 3.63) is 42.0 Å². The van der Waals surface area contributed by atoms with Gasteiger partial charge in [-0.3, -0.25) is 4.98 Å². The lowest BCUT2D eigenvalue weighted by molar-refractivity contribution is 0.731. The second-order valence-electron chi connectivity index (χ2n) is 4.81. The van der Waals surface area contributed by atoms with Crippen LogP contribution in [-0.2, 0) is 0 Å². The monoisotopic (exact) mass is 255 g/mol. The Labute approximate surface area is 112 Å². The molecule has 98 valence electrons. The van der Waals surface area contributed by atoms with Crippen LogP contribution < -0.4 is 10.6 Å². The zero-order valence-electron chi connectivity index (χ0n) is 10.9. The molecule has 2 aromatic rings. The molecule has 1 unspecified atom stereocenters. The minimum atomic E-state index is 0.511. The van der Waals surface area contributed by atoms with Crippen molar-refractivity contribution >= 4 is 11.6 Å². The van der Waals surface area contributed by atoms with E-state index >= 15 is 0 Å². The molecule has 0 saturated carbocycles. The summed E-state index contributed by atoms with van der Waals surface area (Å²) in [4.78, 5) is 13.0. The van der Waals surface area contributed by atoms with Crippen LogP contribution in [0.1, 0.15) is 23.7 Å². The first-order valence-corrected chi connectivity index (χ1v) is 6.54. The molecule has 0 radical (unpaired) electrons. The van der Waals surface area contributed by atoms with E-state index in [1.807, 2.05) is 13.0 Å². The molecule has 1 aliphatic heterocycles. The maximum Gasteiger partial charge on any atom is 0.227 e. The summed E-state index contributed by atoms with van der Waals surface area (Å²) in [6.07, 6.45) is 4.61. The fourth-order valence-electron chi connectivity index (χ4n) is 2.38. The lowest BCUT2D eigenvalue weighted by atomic mass is 10.0. The molecule has 1 fully saturated rings. The molecule has 1 atom stereocenters. The van der Waals surface area contributed by atoms with Crippen LogP contribution >= 0.6 is 0 Å². The van der Waals surface area contributed by atoms with Gasteiger partial charge < -0.3 is 10.6 Å². The van der Waals surface area contributed by atoms with Crippen LogP contribution in [0.3, 0.4) is 0 Å². The van der Waals surface area contributed by atoms with E-state index in [4.69, 9.17) is 0 Å². The first-order valence-electron chi connectivity index (χ1n) is 6.54. The van der Waals surface area contributed by atoms with Gasteiger partial charge in [-0.05, 0) is 38.1 Å². The SMILES string of the molecule is Cc1cc(Nc2ncccn2)cc(C2CCNC2)n1. The van der Waals surface area contributed by atoms with Crippen molar-refractivity contribution in [2.75, 3.05) is 18.4 Å². The van der Waals surface area contributed by atoms with Gasteiger partial charge >= 0.3 is 0 Å². The van der Waals surface area contributed by atoms with Crippen LogP contribution in [0.4, 0.5) is 11.6 Å². The predicted octanol–water partition coefficient (Wildman–Crippen LogP) is 2.00. The van der Waals surface area contributed by atoms with Gasteiger partial charge in [0.1, 0.15) is 0 Å². The summed E-state index contributed by atoms with van der Waals surface area (Å²) in [6, 6.07) is 5.92. The van der Waals surface area contributed by atoms with Crippen LogP contribution in [0.2, 0.25) is 0 Å². The number of nitrogens with zero attached hydrogens (tertiary/aromatic N) is 3. The highest BCUT2D eigenvalue weighted by Crippen LogP contribution is 2.24. The van der Waals surface area contributed by atoms with E-state index in [2.05, 4.69) is 31.7 Å². The predicted molar refractivity (Wildman–Crippen MR) is 74.5 cm³/mol. The average Bonchev–Trinajstić information content (AvgIpc) is 2.93. The summed E-state index contributed by atoms with van der Waals surface area (Å²) in [5, 5.41) is 6.60. The maximum atomic E-state index is 4.64. The molecule has 0 amide bonds.